The molecule has 1 amide bonds. The third-order valence-electron chi connectivity index (χ3n) is 3.90. The van der Waals surface area contributed by atoms with Gasteiger partial charge in [0.2, 0.25) is 0 Å². The summed E-state index contributed by atoms with van der Waals surface area (Å²) in [6, 6.07) is 9.11. The molecule has 5 nitrogen and oxygen atoms in total. The molecule has 1 aromatic carbocycles. The van der Waals surface area contributed by atoms with E-state index in [1.54, 1.807) is 16.7 Å². The summed E-state index contributed by atoms with van der Waals surface area (Å²) in [5.41, 5.74) is 0.992. The highest BCUT2D eigenvalue weighted by molar-refractivity contribution is 8.00. The number of esters is 1. The van der Waals surface area contributed by atoms with E-state index in [4.69, 9.17) is 27.9 Å². The second-order valence-electron chi connectivity index (χ2n) is 5.80. The van der Waals surface area contributed by atoms with E-state index in [1.807, 2.05) is 24.3 Å². The number of rotatable bonds is 3. The van der Waals surface area contributed by atoms with Gasteiger partial charge in [-0.3, -0.25) is 4.79 Å². The Morgan fingerprint density at radius 2 is 2.12 bits per heavy atom. The Bertz CT molecular complexity index is 847. The Morgan fingerprint density at radius 3 is 2.88 bits per heavy atom. The van der Waals surface area contributed by atoms with Gasteiger partial charge in [-0.05, 0) is 24.6 Å². The van der Waals surface area contributed by atoms with E-state index < -0.39 is 5.97 Å². The van der Waals surface area contributed by atoms with Crippen LogP contribution in [-0.2, 0) is 9.53 Å². The van der Waals surface area contributed by atoms with Gasteiger partial charge in [0, 0.05) is 22.9 Å². The number of anilines is 1. The van der Waals surface area contributed by atoms with Crippen molar-refractivity contribution in [3.63, 3.8) is 0 Å². The number of hydrogen-bond acceptors (Lipinski definition) is 5. The molecular formula is C18H16Cl2N2O3S. The number of pyridine rings is 1. The first-order valence-electron chi connectivity index (χ1n) is 8.00. The molecule has 0 spiro atoms. The lowest BCUT2D eigenvalue weighted by atomic mass is 10.2. The molecule has 136 valence electrons. The number of nitrogens with zero attached hydrogens (tertiary/aromatic N) is 2. The third-order valence-corrected chi connectivity index (χ3v) is 5.83. The fourth-order valence-electron chi connectivity index (χ4n) is 2.57. The predicted octanol–water partition coefficient (Wildman–Crippen LogP) is 4.46. The van der Waals surface area contributed by atoms with Crippen LogP contribution < -0.4 is 4.90 Å². The maximum atomic E-state index is 12.7. The van der Waals surface area contributed by atoms with Gasteiger partial charge in [0.25, 0.3) is 5.91 Å². The summed E-state index contributed by atoms with van der Waals surface area (Å²) in [5, 5.41) is 0.658. The molecule has 1 aromatic heterocycles. The minimum Gasteiger partial charge on any atom is -0.452 e. The average molecular weight is 411 g/mol. The Balaban J connectivity index is 1.70. The molecular weight excluding hydrogens is 395 g/mol. The van der Waals surface area contributed by atoms with Crippen molar-refractivity contribution in [3.8, 4) is 0 Å². The minimum atomic E-state index is -0.671. The van der Waals surface area contributed by atoms with Crippen molar-refractivity contribution in [3.05, 3.63) is 52.3 Å². The molecule has 2 heterocycles. The summed E-state index contributed by atoms with van der Waals surface area (Å²) in [6.45, 7) is 2.36. The number of hydrogen-bond donors (Lipinski definition) is 0. The van der Waals surface area contributed by atoms with Gasteiger partial charge in [-0.15, -0.1) is 11.8 Å². The maximum Gasteiger partial charge on any atom is 0.340 e. The molecule has 0 saturated carbocycles. The number of benzene rings is 1. The zero-order valence-corrected chi connectivity index (χ0v) is 16.3. The van der Waals surface area contributed by atoms with Gasteiger partial charge < -0.3 is 9.64 Å². The summed E-state index contributed by atoms with van der Waals surface area (Å²) < 4.78 is 5.14. The topological polar surface area (TPSA) is 59.5 Å². The number of halogens is 2. The molecule has 0 saturated heterocycles. The molecule has 0 unspecified atom stereocenters. The van der Waals surface area contributed by atoms with Gasteiger partial charge in [-0.2, -0.15) is 0 Å². The van der Waals surface area contributed by atoms with Crippen LogP contribution in [0.3, 0.4) is 0 Å². The standard InChI is InChI=1S/C18H16Cl2N2O3S/c1-11-6-7-22(14-4-2-3-5-15(14)26-11)16(23)10-25-18(24)12-8-13(19)17(20)21-9-12/h2-5,8-9,11H,6-7,10H2,1H3/t11-/m1/s1. The van der Waals surface area contributed by atoms with Crippen molar-refractivity contribution in [1.82, 2.24) is 4.98 Å². The van der Waals surface area contributed by atoms with Crippen molar-refractivity contribution in [2.75, 3.05) is 18.1 Å². The van der Waals surface area contributed by atoms with Gasteiger partial charge in [-0.25, -0.2) is 9.78 Å². The predicted molar refractivity (Wildman–Crippen MR) is 103 cm³/mol. The summed E-state index contributed by atoms with van der Waals surface area (Å²) in [4.78, 5) is 31.3. The lowest BCUT2D eigenvalue weighted by Gasteiger charge is -2.22. The van der Waals surface area contributed by atoms with Crippen LogP contribution in [0.5, 0.6) is 0 Å². The molecule has 0 aliphatic carbocycles. The maximum absolute atomic E-state index is 12.7. The monoisotopic (exact) mass is 410 g/mol. The minimum absolute atomic E-state index is 0.104. The van der Waals surface area contributed by atoms with Crippen LogP contribution >= 0.6 is 35.0 Å². The third kappa shape index (κ3) is 4.31. The second-order valence-corrected chi connectivity index (χ2v) is 8.05. The molecule has 2 aromatic rings. The van der Waals surface area contributed by atoms with Gasteiger partial charge in [0.15, 0.2) is 6.61 Å². The highest BCUT2D eigenvalue weighted by Gasteiger charge is 2.25. The molecule has 0 bridgehead atoms. The van der Waals surface area contributed by atoms with Crippen LogP contribution in [0.4, 0.5) is 5.69 Å². The van der Waals surface area contributed by atoms with Crippen molar-refractivity contribution < 1.29 is 14.3 Å². The Morgan fingerprint density at radius 1 is 1.35 bits per heavy atom. The van der Waals surface area contributed by atoms with E-state index >= 15 is 0 Å². The van der Waals surface area contributed by atoms with Crippen LogP contribution in [-0.4, -0.2) is 35.3 Å². The van der Waals surface area contributed by atoms with Crippen molar-refractivity contribution >= 4 is 52.5 Å². The first-order valence-corrected chi connectivity index (χ1v) is 9.63. The number of fused-ring (bicyclic) bond motifs is 1. The quantitative estimate of drug-likeness (QED) is 0.551. The molecule has 0 fully saturated rings. The van der Waals surface area contributed by atoms with Crippen molar-refractivity contribution in [2.45, 2.75) is 23.5 Å². The summed E-state index contributed by atoms with van der Waals surface area (Å²) in [5.74, 6) is -0.941. The first-order chi connectivity index (χ1) is 12.5. The molecule has 8 heteroatoms. The molecule has 1 aliphatic rings. The lowest BCUT2D eigenvalue weighted by molar-refractivity contribution is -0.121. The number of aromatic nitrogens is 1. The van der Waals surface area contributed by atoms with Gasteiger partial charge in [0.1, 0.15) is 5.15 Å². The van der Waals surface area contributed by atoms with Crippen LogP contribution in [0, 0.1) is 0 Å². The van der Waals surface area contributed by atoms with E-state index in [0.29, 0.717) is 11.8 Å². The van der Waals surface area contributed by atoms with E-state index in [-0.39, 0.29) is 28.3 Å². The summed E-state index contributed by atoms with van der Waals surface area (Å²) in [7, 11) is 0. The molecule has 1 aliphatic heterocycles. The molecule has 1 atom stereocenters. The average Bonchev–Trinajstić information content (AvgIpc) is 2.80. The Hall–Kier alpha value is -1.76. The summed E-state index contributed by atoms with van der Waals surface area (Å²) in [6.07, 6.45) is 2.12. The van der Waals surface area contributed by atoms with E-state index in [0.717, 1.165) is 17.0 Å². The second kappa shape index (κ2) is 8.29. The van der Waals surface area contributed by atoms with Crippen LogP contribution in [0.25, 0.3) is 0 Å². The van der Waals surface area contributed by atoms with Crippen LogP contribution in [0.15, 0.2) is 41.4 Å². The van der Waals surface area contributed by atoms with Gasteiger partial charge >= 0.3 is 5.97 Å². The smallest absolute Gasteiger partial charge is 0.340 e. The fraction of sp³-hybridized carbons (Fsp3) is 0.278. The van der Waals surface area contributed by atoms with Crippen LogP contribution in [0.2, 0.25) is 10.2 Å². The Labute approximate surface area is 165 Å². The number of carbonyl (C=O) groups excluding carboxylic acids is 2. The highest BCUT2D eigenvalue weighted by atomic mass is 35.5. The van der Waals surface area contributed by atoms with Gasteiger partial charge in [-0.1, -0.05) is 42.3 Å². The zero-order valence-electron chi connectivity index (χ0n) is 13.9. The number of carbonyl (C=O) groups is 2. The molecule has 3 rings (SSSR count). The highest BCUT2D eigenvalue weighted by Crippen LogP contribution is 2.37. The SMILES string of the molecule is C[C@@H]1CCN(C(=O)COC(=O)c2cnc(Cl)c(Cl)c2)c2ccccc2S1. The number of thioether (sulfide) groups is 1. The largest absolute Gasteiger partial charge is 0.452 e. The Kier molecular flexibility index (Phi) is 6.06. The molecule has 26 heavy (non-hydrogen) atoms. The van der Waals surface area contributed by atoms with E-state index in [1.165, 1.54) is 12.3 Å². The normalized spacial score (nSPS) is 16.6. The summed E-state index contributed by atoms with van der Waals surface area (Å²) >= 11 is 13.3. The zero-order chi connectivity index (χ0) is 18.7. The molecule has 0 radical (unpaired) electrons. The van der Waals surface area contributed by atoms with E-state index in [2.05, 4.69) is 11.9 Å². The number of ether oxygens (including phenoxy) is 1. The van der Waals surface area contributed by atoms with Gasteiger partial charge in [0.05, 0.1) is 16.3 Å². The molecule has 0 N–H and O–H groups in total. The first kappa shape index (κ1) is 19.0. The number of para-hydroxylation sites is 1. The van der Waals surface area contributed by atoms with E-state index in [9.17, 15) is 9.59 Å². The van der Waals surface area contributed by atoms with Crippen molar-refractivity contribution in [2.24, 2.45) is 0 Å². The van der Waals surface area contributed by atoms with Crippen molar-refractivity contribution in [1.29, 1.82) is 0 Å². The lowest BCUT2D eigenvalue weighted by Crippen LogP contribution is -2.35. The van der Waals surface area contributed by atoms with Crippen LogP contribution in [0.1, 0.15) is 23.7 Å². The fourth-order valence-corrected chi connectivity index (χ4v) is 3.95. The number of amides is 1.